The van der Waals surface area contributed by atoms with Crippen molar-refractivity contribution in [1.29, 1.82) is 0 Å². The van der Waals surface area contributed by atoms with Gasteiger partial charge >= 0.3 is 0 Å². The van der Waals surface area contributed by atoms with Gasteiger partial charge in [-0.2, -0.15) is 0 Å². The number of amides is 2. The Balaban J connectivity index is 1.25. The van der Waals surface area contributed by atoms with Crippen molar-refractivity contribution in [1.82, 2.24) is 10.2 Å². The molecule has 0 unspecified atom stereocenters. The largest absolute Gasteiger partial charge is 0.490 e. The first kappa shape index (κ1) is 28.9. The third-order valence-electron chi connectivity index (χ3n) is 7.48. The Hall–Kier alpha value is -3.60. The molecule has 9 nitrogen and oxygen atoms in total. The topological polar surface area (TPSA) is 114 Å². The van der Waals surface area contributed by atoms with Crippen LogP contribution in [0.3, 0.4) is 0 Å². The van der Waals surface area contributed by atoms with Crippen LogP contribution in [0, 0.1) is 0 Å². The summed E-state index contributed by atoms with van der Waals surface area (Å²) >= 11 is 5.88. The number of hydrogen-bond acceptors (Lipinski definition) is 6. The van der Waals surface area contributed by atoms with E-state index in [4.69, 9.17) is 21.1 Å². The Labute approximate surface area is 244 Å². The van der Waals surface area contributed by atoms with Gasteiger partial charge in [0, 0.05) is 17.8 Å². The van der Waals surface area contributed by atoms with E-state index in [1.54, 1.807) is 24.1 Å². The molecule has 0 radical (unpaired) electrons. The van der Waals surface area contributed by atoms with E-state index in [0.29, 0.717) is 23.6 Å². The molecule has 41 heavy (non-hydrogen) atoms. The highest BCUT2D eigenvalue weighted by molar-refractivity contribution is 7.92. The van der Waals surface area contributed by atoms with Gasteiger partial charge in [-0.3, -0.25) is 14.3 Å². The van der Waals surface area contributed by atoms with Crippen molar-refractivity contribution in [3.8, 4) is 5.75 Å². The number of benzene rings is 3. The summed E-state index contributed by atoms with van der Waals surface area (Å²) in [5, 5.41) is 3.46. The van der Waals surface area contributed by atoms with Gasteiger partial charge in [-0.1, -0.05) is 41.9 Å². The lowest BCUT2D eigenvalue weighted by molar-refractivity contribution is -0.134. The van der Waals surface area contributed by atoms with Crippen LogP contribution in [-0.2, 0) is 19.6 Å². The van der Waals surface area contributed by atoms with Crippen LogP contribution in [-0.4, -0.2) is 57.0 Å². The molecule has 11 heteroatoms. The third kappa shape index (κ3) is 6.66. The molecule has 4 atom stereocenters. The number of fused-ring (bicyclic) bond motifs is 2. The van der Waals surface area contributed by atoms with Crippen molar-refractivity contribution < 1.29 is 27.5 Å². The van der Waals surface area contributed by atoms with Gasteiger partial charge in [-0.05, 0) is 67.8 Å². The molecule has 0 spiro atoms. The molecular formula is C30H32ClN3O6S. The minimum atomic E-state index is -3.89. The van der Waals surface area contributed by atoms with Gasteiger partial charge in [0.2, 0.25) is 5.91 Å². The Morgan fingerprint density at radius 3 is 2.54 bits per heavy atom. The molecule has 3 aromatic carbocycles. The fourth-order valence-electron chi connectivity index (χ4n) is 5.25. The molecule has 2 aliphatic heterocycles. The number of carbonyl (C=O) groups is 2. The van der Waals surface area contributed by atoms with Crippen LogP contribution in [0.5, 0.6) is 5.75 Å². The van der Waals surface area contributed by atoms with E-state index < -0.39 is 16.1 Å². The Morgan fingerprint density at radius 2 is 1.80 bits per heavy atom. The predicted octanol–water partition coefficient (Wildman–Crippen LogP) is 4.79. The molecule has 0 aliphatic carbocycles. The van der Waals surface area contributed by atoms with Gasteiger partial charge in [0.15, 0.2) is 0 Å². The van der Waals surface area contributed by atoms with Crippen molar-refractivity contribution in [3.63, 3.8) is 0 Å². The summed E-state index contributed by atoms with van der Waals surface area (Å²) in [7, 11) is -2.18. The van der Waals surface area contributed by atoms with Crippen LogP contribution < -0.4 is 14.8 Å². The molecule has 0 bridgehead atoms. The lowest BCUT2D eigenvalue weighted by Gasteiger charge is -2.42. The van der Waals surface area contributed by atoms with E-state index in [-0.39, 0.29) is 59.2 Å². The summed E-state index contributed by atoms with van der Waals surface area (Å²) in [5.74, 6) is -0.0754. The minimum absolute atomic E-state index is 0.0493. The van der Waals surface area contributed by atoms with Crippen LogP contribution in [0.15, 0.2) is 77.7 Å². The molecule has 216 valence electrons. The van der Waals surface area contributed by atoms with Crippen LogP contribution in [0.2, 0.25) is 5.02 Å². The summed E-state index contributed by atoms with van der Waals surface area (Å²) < 4.78 is 40.5. The monoisotopic (exact) mass is 597 g/mol. The second-order valence-corrected chi connectivity index (χ2v) is 12.5. The highest BCUT2D eigenvalue weighted by atomic mass is 35.5. The van der Waals surface area contributed by atoms with E-state index in [2.05, 4.69) is 10.0 Å². The summed E-state index contributed by atoms with van der Waals surface area (Å²) in [6, 6.07) is 19.8. The van der Waals surface area contributed by atoms with E-state index in [9.17, 15) is 18.0 Å². The number of rotatable bonds is 7. The molecule has 0 saturated carbocycles. The number of halogens is 1. The van der Waals surface area contributed by atoms with Gasteiger partial charge in [0.1, 0.15) is 18.5 Å². The van der Waals surface area contributed by atoms with Crippen molar-refractivity contribution in [2.75, 3.05) is 18.4 Å². The number of hydrogen-bond donors (Lipinski definition) is 2. The van der Waals surface area contributed by atoms with Gasteiger partial charge < -0.3 is 19.7 Å². The van der Waals surface area contributed by atoms with E-state index in [1.807, 2.05) is 37.3 Å². The number of ether oxygens (including phenoxy) is 2. The average Bonchev–Trinajstić information content (AvgIpc) is 2.95. The molecule has 0 aromatic heterocycles. The summed E-state index contributed by atoms with van der Waals surface area (Å²) in [6.07, 6.45) is 0.750. The highest BCUT2D eigenvalue weighted by Crippen LogP contribution is 2.33. The van der Waals surface area contributed by atoms with E-state index in [0.717, 1.165) is 5.56 Å². The van der Waals surface area contributed by atoms with Gasteiger partial charge in [0.25, 0.3) is 15.9 Å². The van der Waals surface area contributed by atoms with Crippen LogP contribution >= 0.6 is 11.6 Å². The molecule has 2 amide bonds. The highest BCUT2D eigenvalue weighted by Gasteiger charge is 2.39. The molecule has 3 aromatic rings. The molecular weight excluding hydrogens is 566 g/mol. The zero-order valence-corrected chi connectivity index (χ0v) is 24.3. The fraction of sp³-hybridized carbons (Fsp3) is 0.333. The maximum atomic E-state index is 13.5. The predicted molar refractivity (Wildman–Crippen MR) is 156 cm³/mol. The van der Waals surface area contributed by atoms with Gasteiger partial charge in [-0.25, -0.2) is 8.42 Å². The number of nitrogens with zero attached hydrogens (tertiary/aromatic N) is 1. The first-order chi connectivity index (χ1) is 19.6. The van der Waals surface area contributed by atoms with E-state index >= 15 is 0 Å². The van der Waals surface area contributed by atoms with Crippen molar-refractivity contribution in [2.24, 2.45) is 0 Å². The van der Waals surface area contributed by atoms with Crippen LogP contribution in [0.1, 0.15) is 48.1 Å². The molecule has 5 rings (SSSR count). The Morgan fingerprint density at radius 1 is 1.07 bits per heavy atom. The number of anilines is 1. The van der Waals surface area contributed by atoms with Crippen LogP contribution in [0.4, 0.5) is 5.69 Å². The lowest BCUT2D eigenvalue weighted by atomic mass is 9.94. The molecule has 1 saturated heterocycles. The second-order valence-electron chi connectivity index (χ2n) is 10.3. The zero-order chi connectivity index (χ0) is 29.1. The van der Waals surface area contributed by atoms with E-state index in [1.165, 1.54) is 30.3 Å². The first-order valence-corrected chi connectivity index (χ1v) is 15.3. The van der Waals surface area contributed by atoms with Gasteiger partial charge in [0.05, 0.1) is 35.1 Å². The second kappa shape index (κ2) is 12.1. The maximum Gasteiger partial charge on any atom is 0.261 e. The summed E-state index contributed by atoms with van der Waals surface area (Å²) in [4.78, 5) is 27.9. The average molecular weight is 598 g/mol. The van der Waals surface area contributed by atoms with Crippen molar-refractivity contribution >= 4 is 39.1 Å². The van der Waals surface area contributed by atoms with Crippen LogP contribution in [0.25, 0.3) is 0 Å². The number of nitrogens with one attached hydrogen (secondary N) is 2. The zero-order valence-electron chi connectivity index (χ0n) is 22.7. The minimum Gasteiger partial charge on any atom is -0.490 e. The number of carbonyl (C=O) groups excluding carboxylic acids is 2. The standard InChI is InChI=1S/C30H32ClN3O6S/c1-19(20-6-4-3-5-7-20)32-29(35)17-23-11-14-26-28(40-23)18-39-27-15-10-22(16-25(27)30(36)34(26)2)33-41(37,38)24-12-8-21(31)9-13-24/h3-10,12-13,15-16,19,23,26,28,33H,11,14,17-18H2,1-2H3,(H,32,35)/t19-,23-,26-,28-/m0/s1. The fourth-order valence-corrected chi connectivity index (χ4v) is 6.43. The maximum absolute atomic E-state index is 13.5. The summed E-state index contributed by atoms with van der Waals surface area (Å²) in [6.45, 7) is 2.13. The normalized spacial score (nSPS) is 21.4. The third-order valence-corrected chi connectivity index (χ3v) is 9.13. The molecule has 2 aliphatic rings. The first-order valence-electron chi connectivity index (χ1n) is 13.4. The molecule has 1 fully saturated rings. The van der Waals surface area contributed by atoms with Crippen molar-refractivity contribution in [3.05, 3.63) is 88.9 Å². The summed E-state index contributed by atoms with van der Waals surface area (Å²) in [5.41, 5.74) is 1.51. The van der Waals surface area contributed by atoms with Gasteiger partial charge in [-0.15, -0.1) is 0 Å². The smallest absolute Gasteiger partial charge is 0.261 e. The Bertz CT molecular complexity index is 1520. The lowest BCUT2D eigenvalue weighted by Crippen LogP contribution is -2.54. The number of likely N-dealkylation sites (N-methyl/N-ethyl adjacent to an activating group) is 1. The Kier molecular flexibility index (Phi) is 8.53. The molecule has 2 heterocycles. The van der Waals surface area contributed by atoms with Crippen molar-refractivity contribution in [2.45, 2.75) is 55.4 Å². The molecule has 2 N–H and O–H groups in total. The SMILES string of the molecule is C[C@H](NC(=O)C[C@@H]1CC[C@H]2[C@H](COc3ccc(NS(=O)(=O)c4ccc(Cl)cc4)cc3C(=O)N2C)O1)c1ccccc1. The quantitative estimate of drug-likeness (QED) is 0.405. The number of sulfonamides is 1.